The Morgan fingerprint density at radius 3 is 1.52 bits per heavy atom. The Bertz CT molecular complexity index is 2290. The van der Waals surface area contributed by atoms with Crippen LogP contribution in [0.3, 0.4) is 0 Å². The summed E-state index contributed by atoms with van der Waals surface area (Å²) in [5.74, 6) is 0.875. The molecule has 0 aliphatic heterocycles. The zero-order chi connectivity index (χ0) is 46.3. The smallest absolute Gasteiger partial charge is 0.506 e. The molecule has 0 saturated carbocycles. The number of benzene rings is 7. The molecular formula is C59H66HfNO4+. The molecular weight excluding hydrogens is 965 g/mol. The minimum atomic E-state index is -0.567. The van der Waals surface area contributed by atoms with Crippen molar-refractivity contribution in [2.24, 2.45) is 0 Å². The topological polar surface area (TPSA) is 59.0 Å². The van der Waals surface area contributed by atoms with Crippen molar-refractivity contribution in [1.29, 1.82) is 0 Å². The fraction of sp³-hybridized carbons (Fsp3) is 0.220. The van der Waals surface area contributed by atoms with Crippen LogP contribution in [0, 0.1) is 20.8 Å². The van der Waals surface area contributed by atoms with Gasteiger partial charge in [0, 0.05) is 30.4 Å². The number of nitrogens with zero attached hydrogens (tertiary/aromatic N) is 1. The molecule has 0 amide bonds. The van der Waals surface area contributed by atoms with Crippen LogP contribution in [0.5, 0.6) is 11.5 Å². The third-order valence-corrected chi connectivity index (χ3v) is 10.4. The summed E-state index contributed by atoms with van der Waals surface area (Å²) in [4.78, 5) is 15.3. The SMILES string of the molecule is CCc1ccc(OCCCN(C)c2c(C(C)C)cccc2C(C)C)c(-c2cccc(C(=O)OCc3ccccc3)c2O)c1.[CH2-]c1ccccc1.[CH2-]c1ccccc1.[CH2-]c1ccccc1.[Hf+4]. The molecule has 5 nitrogen and oxygen atoms in total. The molecule has 0 aliphatic rings. The summed E-state index contributed by atoms with van der Waals surface area (Å²) < 4.78 is 11.9. The molecule has 1 N–H and O–H groups in total. The molecule has 0 atom stereocenters. The van der Waals surface area contributed by atoms with Gasteiger partial charge in [-0.05, 0) is 65.1 Å². The van der Waals surface area contributed by atoms with E-state index < -0.39 is 5.97 Å². The van der Waals surface area contributed by atoms with E-state index in [-0.39, 0.29) is 43.8 Å². The molecule has 0 unspecified atom stereocenters. The van der Waals surface area contributed by atoms with Gasteiger partial charge in [0.1, 0.15) is 23.7 Å². The van der Waals surface area contributed by atoms with E-state index in [1.54, 1.807) is 12.1 Å². The van der Waals surface area contributed by atoms with Crippen LogP contribution >= 0.6 is 0 Å². The van der Waals surface area contributed by atoms with E-state index in [0.29, 0.717) is 29.8 Å². The van der Waals surface area contributed by atoms with Crippen molar-refractivity contribution in [2.75, 3.05) is 25.1 Å². The average Bonchev–Trinajstić information content (AvgIpc) is 3.31. The Labute approximate surface area is 409 Å². The first-order valence-electron chi connectivity index (χ1n) is 22.1. The Balaban J connectivity index is 0.000000411. The molecule has 7 aromatic carbocycles. The standard InChI is InChI=1S/C38H45NO4.3C7H7.Hf/c1-7-28-20-21-35(42-23-13-22-39(6)36-30(26(2)3)16-11-17-31(36)27(4)5)34(24-28)32-18-12-19-33(37(32)40)38(41)43-25-29-14-9-8-10-15-29;3*1-7-5-3-2-4-6-7;/h8-12,14-21,24,26-27,40H,7,13,22-23,25H2,1-6H3;3*2-6H,1H2;/q;3*-1;+4. The van der Waals surface area contributed by atoms with E-state index >= 15 is 0 Å². The van der Waals surface area contributed by atoms with Crippen molar-refractivity contribution in [3.63, 3.8) is 0 Å². The number of aromatic hydroxyl groups is 1. The molecule has 7 rings (SSSR count). The van der Waals surface area contributed by atoms with Gasteiger partial charge in [0.25, 0.3) is 0 Å². The van der Waals surface area contributed by atoms with Gasteiger partial charge < -0.3 is 19.5 Å². The van der Waals surface area contributed by atoms with Crippen molar-refractivity contribution < 1.29 is 45.2 Å². The van der Waals surface area contributed by atoms with Crippen LogP contribution in [-0.4, -0.2) is 31.3 Å². The summed E-state index contributed by atoms with van der Waals surface area (Å²) in [5.41, 5.74) is 10.7. The summed E-state index contributed by atoms with van der Waals surface area (Å²) in [6.45, 7) is 23.7. The molecule has 0 saturated heterocycles. The van der Waals surface area contributed by atoms with Gasteiger partial charge in [-0.3, -0.25) is 0 Å². The van der Waals surface area contributed by atoms with Gasteiger partial charge >= 0.3 is 31.8 Å². The second-order valence-corrected chi connectivity index (χ2v) is 16.1. The number of phenols is 1. The average molecular weight is 1030 g/mol. The Hall–Kier alpha value is -6.11. The van der Waals surface area contributed by atoms with E-state index in [1.165, 1.54) is 16.8 Å². The second kappa shape index (κ2) is 28.6. The van der Waals surface area contributed by atoms with Gasteiger partial charge in [-0.15, -0.1) is 36.4 Å². The predicted molar refractivity (Wildman–Crippen MR) is 269 cm³/mol. The van der Waals surface area contributed by atoms with Gasteiger partial charge in [0.2, 0.25) is 0 Å². The van der Waals surface area contributed by atoms with Gasteiger partial charge in [0.15, 0.2) is 0 Å². The number of carbonyl (C=O) groups is 1. The van der Waals surface area contributed by atoms with Crippen LogP contribution in [0.15, 0.2) is 176 Å². The van der Waals surface area contributed by atoms with Crippen molar-refractivity contribution in [3.8, 4) is 22.6 Å². The molecule has 0 radical (unpaired) electrons. The number of hydrogen-bond donors (Lipinski definition) is 1. The fourth-order valence-corrected chi connectivity index (χ4v) is 6.84. The van der Waals surface area contributed by atoms with Gasteiger partial charge in [-0.1, -0.05) is 120 Å². The maximum absolute atomic E-state index is 12.9. The van der Waals surface area contributed by atoms with Crippen LogP contribution in [0.4, 0.5) is 5.69 Å². The van der Waals surface area contributed by atoms with Crippen LogP contribution in [-0.2, 0) is 43.6 Å². The quantitative estimate of drug-likeness (QED) is 0.0540. The number of ether oxygens (including phenoxy) is 2. The largest absolute Gasteiger partial charge is 4.00 e. The number of esters is 1. The Morgan fingerprint density at radius 1 is 0.600 bits per heavy atom. The van der Waals surface area contributed by atoms with Crippen LogP contribution in [0.2, 0.25) is 0 Å². The minimum Gasteiger partial charge on any atom is -0.506 e. The number of para-hydroxylation sites is 2. The maximum Gasteiger partial charge on any atom is 4.00 e. The number of rotatable bonds is 13. The summed E-state index contributed by atoms with van der Waals surface area (Å²) in [6.07, 6.45) is 1.67. The van der Waals surface area contributed by atoms with Gasteiger partial charge in [-0.25, -0.2) is 4.79 Å². The number of aryl methyl sites for hydroxylation is 1. The Kier molecular flexibility index (Phi) is 23.4. The monoisotopic (exact) mass is 1030 g/mol. The summed E-state index contributed by atoms with van der Waals surface area (Å²) in [5, 5.41) is 11.2. The molecule has 0 fully saturated rings. The number of hydrogen-bond acceptors (Lipinski definition) is 5. The van der Waals surface area contributed by atoms with E-state index in [4.69, 9.17) is 9.47 Å². The normalized spacial score (nSPS) is 10.2. The summed E-state index contributed by atoms with van der Waals surface area (Å²) in [6, 6.07) is 57.0. The second-order valence-electron chi connectivity index (χ2n) is 16.1. The first kappa shape index (κ1) is 53.2. The molecule has 0 aromatic heterocycles. The van der Waals surface area contributed by atoms with Crippen molar-refractivity contribution in [1.82, 2.24) is 0 Å². The van der Waals surface area contributed by atoms with Crippen LogP contribution < -0.4 is 9.64 Å². The molecule has 65 heavy (non-hydrogen) atoms. The van der Waals surface area contributed by atoms with Crippen LogP contribution in [0.1, 0.15) is 102 Å². The van der Waals surface area contributed by atoms with Gasteiger partial charge in [-0.2, -0.15) is 73.9 Å². The first-order chi connectivity index (χ1) is 30.9. The summed E-state index contributed by atoms with van der Waals surface area (Å²) in [7, 11) is 2.16. The zero-order valence-corrected chi connectivity index (χ0v) is 42.8. The number of phenolic OH excluding ortho intramolecular Hbond substituents is 1. The molecule has 0 bridgehead atoms. The molecule has 0 spiro atoms. The predicted octanol–water partition coefficient (Wildman–Crippen LogP) is 14.7. The van der Waals surface area contributed by atoms with Crippen molar-refractivity contribution >= 4 is 11.7 Å². The molecule has 7 aromatic rings. The molecule has 0 aliphatic carbocycles. The van der Waals surface area contributed by atoms with E-state index in [2.05, 4.69) is 85.5 Å². The number of carbonyl (C=O) groups excluding carboxylic acids is 1. The maximum atomic E-state index is 12.9. The minimum absolute atomic E-state index is 0. The first-order valence-corrected chi connectivity index (χ1v) is 22.1. The van der Waals surface area contributed by atoms with E-state index in [0.717, 1.165) is 52.8 Å². The molecule has 334 valence electrons. The molecule has 0 heterocycles. The Morgan fingerprint density at radius 2 is 1.08 bits per heavy atom. The van der Waals surface area contributed by atoms with Crippen molar-refractivity contribution in [3.05, 3.63) is 241 Å². The molecule has 6 heteroatoms. The van der Waals surface area contributed by atoms with Crippen LogP contribution in [0.25, 0.3) is 11.1 Å². The van der Waals surface area contributed by atoms with Crippen molar-refractivity contribution in [2.45, 2.75) is 65.9 Å². The number of anilines is 1. The third-order valence-electron chi connectivity index (χ3n) is 10.4. The third kappa shape index (κ3) is 17.8. The van der Waals surface area contributed by atoms with E-state index in [9.17, 15) is 9.90 Å². The van der Waals surface area contributed by atoms with E-state index in [1.807, 2.05) is 146 Å². The fourth-order valence-electron chi connectivity index (χ4n) is 6.84. The zero-order valence-electron chi connectivity index (χ0n) is 39.2. The summed E-state index contributed by atoms with van der Waals surface area (Å²) >= 11 is 0. The van der Waals surface area contributed by atoms with Gasteiger partial charge in [0.05, 0.1) is 6.61 Å².